The number of methoxy groups -OCH3 is 1. The maximum Gasteiger partial charge on any atom is 0.247 e. The summed E-state index contributed by atoms with van der Waals surface area (Å²) in [6, 6.07) is 4.50. The van der Waals surface area contributed by atoms with E-state index in [1.54, 1.807) is 18.2 Å². The molecular weight excluding hydrogens is 400 g/mol. The number of sulfonamides is 1. The second kappa shape index (κ2) is 9.56. The van der Waals surface area contributed by atoms with Crippen LogP contribution >= 0.6 is 0 Å². The van der Waals surface area contributed by atoms with Crippen molar-refractivity contribution in [3.8, 4) is 5.75 Å². The van der Waals surface area contributed by atoms with Crippen molar-refractivity contribution in [3.05, 3.63) is 23.8 Å². The van der Waals surface area contributed by atoms with Gasteiger partial charge in [0.25, 0.3) is 0 Å². The number of hydrogen-bond donors (Lipinski definition) is 0. The third kappa shape index (κ3) is 5.46. The van der Waals surface area contributed by atoms with Crippen LogP contribution in [0.1, 0.15) is 32.3 Å². The number of sulfone groups is 1. The molecule has 0 saturated carbocycles. The first kappa shape index (κ1) is 23.1. The van der Waals surface area contributed by atoms with Crippen molar-refractivity contribution in [2.24, 2.45) is 0 Å². The van der Waals surface area contributed by atoms with Crippen molar-refractivity contribution < 1.29 is 21.6 Å². The van der Waals surface area contributed by atoms with Gasteiger partial charge in [-0.1, -0.05) is 19.9 Å². The van der Waals surface area contributed by atoms with Gasteiger partial charge >= 0.3 is 0 Å². The molecule has 0 spiro atoms. The lowest BCUT2D eigenvalue weighted by molar-refractivity contribution is 0.269. The van der Waals surface area contributed by atoms with E-state index in [9.17, 15) is 16.8 Å². The fourth-order valence-corrected chi connectivity index (χ4v) is 7.36. The van der Waals surface area contributed by atoms with Crippen LogP contribution in [0.25, 0.3) is 0 Å². The van der Waals surface area contributed by atoms with E-state index in [1.165, 1.54) is 11.4 Å². The fraction of sp³-hybridized carbons (Fsp3) is 0.684. The number of hydrogen-bond acceptors (Lipinski definition) is 6. The summed E-state index contributed by atoms with van der Waals surface area (Å²) < 4.78 is 57.7. The van der Waals surface area contributed by atoms with Gasteiger partial charge in [-0.15, -0.1) is 0 Å². The second-order valence-corrected chi connectivity index (χ2v) is 11.3. The first-order chi connectivity index (χ1) is 13.1. The van der Waals surface area contributed by atoms with Gasteiger partial charge in [0.2, 0.25) is 10.0 Å². The summed E-state index contributed by atoms with van der Waals surface area (Å²) in [4.78, 5) is 2.32. The van der Waals surface area contributed by atoms with Crippen molar-refractivity contribution in [2.45, 2.75) is 44.6 Å². The molecule has 0 amide bonds. The molecule has 1 atom stereocenters. The Balaban J connectivity index is 2.35. The normalized spacial score (nSPS) is 19.4. The summed E-state index contributed by atoms with van der Waals surface area (Å²) in [5.41, 5.74) is 0.807. The average molecular weight is 433 g/mol. The van der Waals surface area contributed by atoms with Crippen LogP contribution in [0.3, 0.4) is 0 Å². The minimum Gasteiger partial charge on any atom is -0.495 e. The van der Waals surface area contributed by atoms with Gasteiger partial charge in [-0.3, -0.25) is 0 Å². The van der Waals surface area contributed by atoms with E-state index in [2.05, 4.69) is 18.7 Å². The molecule has 2 rings (SSSR count). The maximum absolute atomic E-state index is 13.5. The quantitative estimate of drug-likeness (QED) is 0.562. The van der Waals surface area contributed by atoms with E-state index in [0.29, 0.717) is 12.8 Å². The van der Waals surface area contributed by atoms with Gasteiger partial charge in [-0.05, 0) is 57.1 Å². The first-order valence-corrected chi connectivity index (χ1v) is 13.0. The topological polar surface area (TPSA) is 84.0 Å². The number of nitrogens with zero attached hydrogens (tertiary/aromatic N) is 2. The standard InChI is InChI=1S/C19H32N2O5S2/c1-5-20(6-2)11-7-12-21(17-10-13-27(22,23)15-17)28(24,25)19-14-16(3)8-9-18(19)26-4/h8-9,14,17H,5-7,10-13,15H2,1-4H3/t17-/m0/s1. The number of benzene rings is 1. The lowest BCUT2D eigenvalue weighted by atomic mass is 10.2. The first-order valence-electron chi connectivity index (χ1n) is 9.73. The Hall–Kier alpha value is -1.16. The Kier molecular flexibility index (Phi) is 7.89. The monoisotopic (exact) mass is 432 g/mol. The molecule has 0 unspecified atom stereocenters. The molecule has 1 aromatic carbocycles. The summed E-state index contributed by atoms with van der Waals surface area (Å²) in [7, 11) is -5.65. The predicted octanol–water partition coefficient (Wildman–Crippen LogP) is 1.91. The van der Waals surface area contributed by atoms with E-state index in [1.807, 2.05) is 6.92 Å². The Morgan fingerprint density at radius 3 is 2.39 bits per heavy atom. The van der Waals surface area contributed by atoms with Crippen molar-refractivity contribution in [1.29, 1.82) is 0 Å². The molecule has 0 aromatic heterocycles. The van der Waals surface area contributed by atoms with E-state index < -0.39 is 25.9 Å². The SMILES string of the molecule is CCN(CC)CCCN([C@H]1CCS(=O)(=O)C1)S(=O)(=O)c1cc(C)ccc1OC. The summed E-state index contributed by atoms with van der Waals surface area (Å²) in [6.45, 7) is 8.81. The van der Waals surface area contributed by atoms with Crippen LogP contribution in [0.2, 0.25) is 0 Å². The molecule has 1 aliphatic heterocycles. The molecule has 0 bridgehead atoms. The van der Waals surface area contributed by atoms with Crippen LogP contribution in [0.5, 0.6) is 5.75 Å². The summed E-state index contributed by atoms with van der Waals surface area (Å²) in [5, 5.41) is 0. The smallest absolute Gasteiger partial charge is 0.247 e. The van der Waals surface area contributed by atoms with Gasteiger partial charge in [0, 0.05) is 12.6 Å². The van der Waals surface area contributed by atoms with E-state index in [4.69, 9.17) is 4.74 Å². The minimum atomic E-state index is -3.89. The van der Waals surface area contributed by atoms with Crippen LogP contribution in [0, 0.1) is 6.92 Å². The molecule has 9 heteroatoms. The highest BCUT2D eigenvalue weighted by atomic mass is 32.2. The van der Waals surface area contributed by atoms with E-state index in [-0.39, 0.29) is 28.7 Å². The van der Waals surface area contributed by atoms with Crippen molar-refractivity contribution in [3.63, 3.8) is 0 Å². The van der Waals surface area contributed by atoms with Crippen LogP contribution in [0.4, 0.5) is 0 Å². The van der Waals surface area contributed by atoms with Gasteiger partial charge in [0.1, 0.15) is 10.6 Å². The minimum absolute atomic E-state index is 0.0324. The Morgan fingerprint density at radius 2 is 1.86 bits per heavy atom. The average Bonchev–Trinajstić information content (AvgIpc) is 3.01. The van der Waals surface area contributed by atoms with Crippen molar-refractivity contribution in [1.82, 2.24) is 9.21 Å². The zero-order valence-corrected chi connectivity index (χ0v) is 18.9. The Morgan fingerprint density at radius 1 is 1.18 bits per heavy atom. The second-order valence-electron chi connectivity index (χ2n) is 7.21. The maximum atomic E-state index is 13.5. The zero-order chi connectivity index (χ0) is 20.9. The number of ether oxygens (including phenoxy) is 1. The highest BCUT2D eigenvalue weighted by molar-refractivity contribution is 7.92. The fourth-order valence-electron chi connectivity index (χ4n) is 3.60. The van der Waals surface area contributed by atoms with Gasteiger partial charge in [0.15, 0.2) is 9.84 Å². The van der Waals surface area contributed by atoms with E-state index >= 15 is 0 Å². The molecule has 0 aliphatic carbocycles. The zero-order valence-electron chi connectivity index (χ0n) is 17.2. The van der Waals surface area contributed by atoms with Crippen molar-refractivity contribution >= 4 is 19.9 Å². The summed E-state index contributed by atoms with van der Waals surface area (Å²) in [6.07, 6.45) is 0.979. The lowest BCUT2D eigenvalue weighted by Gasteiger charge is -2.29. The van der Waals surface area contributed by atoms with Gasteiger partial charge in [0.05, 0.1) is 18.6 Å². The molecule has 1 fully saturated rings. The number of rotatable bonds is 10. The third-order valence-electron chi connectivity index (χ3n) is 5.27. The molecule has 0 N–H and O–H groups in total. The van der Waals surface area contributed by atoms with Crippen LogP contribution in [-0.2, 0) is 19.9 Å². The molecule has 1 heterocycles. The molecule has 28 heavy (non-hydrogen) atoms. The lowest BCUT2D eigenvalue weighted by Crippen LogP contribution is -2.42. The molecule has 1 aromatic rings. The Bertz CT molecular complexity index is 864. The molecular formula is C19H32N2O5S2. The largest absolute Gasteiger partial charge is 0.495 e. The van der Waals surface area contributed by atoms with Crippen LogP contribution in [-0.4, -0.2) is 76.9 Å². The molecule has 0 radical (unpaired) electrons. The van der Waals surface area contributed by atoms with Crippen LogP contribution < -0.4 is 4.74 Å². The van der Waals surface area contributed by atoms with Gasteiger partial charge < -0.3 is 9.64 Å². The van der Waals surface area contributed by atoms with Gasteiger partial charge in [-0.2, -0.15) is 4.31 Å². The van der Waals surface area contributed by atoms with Crippen LogP contribution in [0.15, 0.2) is 23.1 Å². The highest BCUT2D eigenvalue weighted by Crippen LogP contribution is 2.31. The van der Waals surface area contributed by atoms with Gasteiger partial charge in [-0.25, -0.2) is 16.8 Å². The highest BCUT2D eigenvalue weighted by Gasteiger charge is 2.39. The number of aryl methyl sites for hydroxylation is 1. The summed E-state index contributed by atoms with van der Waals surface area (Å²) >= 11 is 0. The molecule has 1 aliphatic rings. The predicted molar refractivity (Wildman–Crippen MR) is 111 cm³/mol. The molecule has 1 saturated heterocycles. The third-order valence-corrected chi connectivity index (χ3v) is 8.99. The molecule has 7 nitrogen and oxygen atoms in total. The van der Waals surface area contributed by atoms with E-state index in [0.717, 1.165) is 25.2 Å². The van der Waals surface area contributed by atoms with Crippen molar-refractivity contribution in [2.75, 3.05) is 44.8 Å². The molecule has 160 valence electrons. The Labute approximate surface area is 169 Å². The summed E-state index contributed by atoms with van der Waals surface area (Å²) in [5.74, 6) is 0.191.